The van der Waals surface area contributed by atoms with Crippen molar-refractivity contribution in [3.8, 4) is 0 Å². The Kier molecular flexibility index (Phi) is 14.4. The van der Waals surface area contributed by atoms with E-state index in [1.807, 2.05) is 0 Å². The van der Waals surface area contributed by atoms with Gasteiger partial charge in [-0.15, -0.1) is 41.3 Å². The zero-order valence-corrected chi connectivity index (χ0v) is 22.6. The molecule has 0 aromatic carbocycles. The van der Waals surface area contributed by atoms with Gasteiger partial charge in [0.2, 0.25) is 0 Å². The monoisotopic (exact) mass is 520 g/mol. The average Bonchev–Trinajstić information content (AvgIpc) is 2.58. The van der Waals surface area contributed by atoms with Gasteiger partial charge in [0.25, 0.3) is 0 Å². The maximum Gasteiger partial charge on any atom is 2.00 e. The first kappa shape index (κ1) is 22.9. The summed E-state index contributed by atoms with van der Waals surface area (Å²) in [6.45, 7) is 0. The van der Waals surface area contributed by atoms with E-state index in [9.17, 15) is 0 Å². The van der Waals surface area contributed by atoms with Gasteiger partial charge in [0, 0.05) is 0 Å². The van der Waals surface area contributed by atoms with Crippen LogP contribution in [-0.4, -0.2) is 0 Å². The quantitative estimate of drug-likeness (QED) is 0.277. The standard InChI is InChI=1S/2C3H2S5.2Zn/c2*4-1-2(5)8-3(6)7-1;;/h2*4-5H;;/q;;2*+2/p-4. The van der Waals surface area contributed by atoms with Crippen LogP contribution in [0.1, 0.15) is 0 Å². The summed E-state index contributed by atoms with van der Waals surface area (Å²) >= 11 is 34.6. The van der Waals surface area contributed by atoms with Gasteiger partial charge in [-0.2, -0.15) is 0 Å². The first-order chi connectivity index (χ1) is 7.40. The smallest absolute Gasteiger partial charge is 0.429 e. The molecule has 0 amide bonds. The predicted octanol–water partition coefficient (Wildman–Crippen LogP) is 4.70. The Bertz CT molecular complexity index is 476. The molecule has 0 atom stereocenters. The third kappa shape index (κ3) is 8.19. The zero-order chi connectivity index (χ0) is 12.3. The summed E-state index contributed by atoms with van der Waals surface area (Å²) in [6, 6.07) is 0. The van der Waals surface area contributed by atoms with Crippen LogP contribution in [0.4, 0.5) is 0 Å². The van der Waals surface area contributed by atoms with Crippen molar-refractivity contribution in [2.45, 2.75) is 16.8 Å². The molecule has 0 bridgehead atoms. The first-order valence-electron chi connectivity index (χ1n) is 3.36. The topological polar surface area (TPSA) is 0 Å². The van der Waals surface area contributed by atoms with Crippen LogP contribution >= 0.6 is 69.8 Å². The van der Waals surface area contributed by atoms with Crippen LogP contribution in [0, 0.1) is 6.28 Å². The van der Waals surface area contributed by atoms with Crippen LogP contribution in [0.15, 0.2) is 16.8 Å². The average molecular weight is 524 g/mol. The van der Waals surface area contributed by atoms with E-state index in [-0.39, 0.29) is 39.0 Å². The number of rotatable bonds is 0. The molecule has 2 aromatic heterocycles. The molecule has 0 fully saturated rings. The Morgan fingerprint density at radius 2 is 0.722 bits per heavy atom. The maximum atomic E-state index is 4.83. The molecule has 2 rings (SSSR count). The van der Waals surface area contributed by atoms with Gasteiger partial charge >= 0.3 is 39.0 Å². The fourth-order valence-corrected chi connectivity index (χ4v) is 7.05. The second-order valence-corrected chi connectivity index (χ2v) is 11.2. The third-order valence-electron chi connectivity index (χ3n) is 1.04. The van der Waals surface area contributed by atoms with E-state index in [2.05, 4.69) is 0 Å². The van der Waals surface area contributed by atoms with Crippen LogP contribution in [-0.2, 0) is 89.5 Å². The van der Waals surface area contributed by atoms with Crippen molar-refractivity contribution in [1.82, 2.24) is 0 Å². The van der Waals surface area contributed by atoms with Gasteiger partial charge in [-0.25, -0.2) is 0 Å². The normalized spacial score (nSPS) is 8.44. The largest absolute Gasteiger partial charge is 2.00 e. The molecule has 0 aliphatic rings. The van der Waals surface area contributed by atoms with E-state index >= 15 is 0 Å². The van der Waals surface area contributed by atoms with Gasteiger partial charge in [-0.1, -0.05) is 0 Å². The van der Waals surface area contributed by atoms with Crippen LogP contribution in [0.25, 0.3) is 0 Å². The summed E-state index contributed by atoms with van der Waals surface area (Å²) in [4.78, 5) is 0. The molecule has 0 aliphatic carbocycles. The summed E-state index contributed by atoms with van der Waals surface area (Å²) in [5.74, 6) is 0. The van der Waals surface area contributed by atoms with E-state index < -0.39 is 0 Å². The molecule has 0 saturated carbocycles. The van der Waals surface area contributed by atoms with Crippen molar-refractivity contribution in [3.63, 3.8) is 0 Å². The van der Waals surface area contributed by atoms with Crippen molar-refractivity contribution in [3.05, 3.63) is 6.28 Å². The van der Waals surface area contributed by atoms with Crippen molar-refractivity contribution in [2.24, 2.45) is 0 Å². The summed E-state index contributed by atoms with van der Waals surface area (Å²) in [6.07, 6.45) is 0. The first-order valence-corrected chi connectivity index (χ1v) is 9.07. The van der Waals surface area contributed by atoms with Crippen LogP contribution in [0.5, 0.6) is 0 Å². The molecule has 88 valence electrons. The molecule has 2 heterocycles. The molecule has 0 N–H and O–H groups in total. The van der Waals surface area contributed by atoms with E-state index in [1.54, 1.807) is 0 Å². The summed E-state index contributed by atoms with van der Waals surface area (Å²) in [5.41, 5.74) is 0. The minimum absolute atomic E-state index is 0. The van der Waals surface area contributed by atoms with Gasteiger partial charge in [-0.3, -0.25) is 0 Å². The Morgan fingerprint density at radius 1 is 0.556 bits per heavy atom. The second kappa shape index (κ2) is 11.3. The Hall–Kier alpha value is 2.67. The Balaban J connectivity index is 0. The van der Waals surface area contributed by atoms with Crippen molar-refractivity contribution in [1.29, 1.82) is 0 Å². The van der Waals surface area contributed by atoms with E-state index in [1.165, 1.54) is 45.3 Å². The SMILES string of the molecule is S=c1sc([S-])c([S-])s1.S=c1sc([S-])c([S-])s1.[Zn+2].[Zn+2]. The van der Waals surface area contributed by atoms with Crippen LogP contribution in [0.3, 0.4) is 0 Å². The molecule has 0 unspecified atom stereocenters. The van der Waals surface area contributed by atoms with Crippen molar-refractivity contribution in [2.75, 3.05) is 0 Å². The predicted molar refractivity (Wildman–Crippen MR) is 88.6 cm³/mol. The van der Waals surface area contributed by atoms with E-state index in [4.69, 9.17) is 75.0 Å². The molecule has 2 aromatic rings. The fraction of sp³-hybridized carbons (Fsp3) is 0. The Labute approximate surface area is 179 Å². The molecule has 0 saturated heterocycles. The summed E-state index contributed by atoms with van der Waals surface area (Å²) < 4.78 is 4.70. The van der Waals surface area contributed by atoms with Gasteiger partial charge < -0.3 is 95.9 Å². The van der Waals surface area contributed by atoms with E-state index in [0.717, 1.165) is 23.1 Å². The van der Waals surface area contributed by atoms with Crippen LogP contribution in [0.2, 0.25) is 0 Å². The zero-order valence-electron chi connectivity index (χ0n) is 8.50. The second-order valence-electron chi connectivity index (χ2n) is 2.06. The van der Waals surface area contributed by atoms with Crippen molar-refractivity contribution < 1.29 is 39.0 Å². The molecule has 0 nitrogen and oxygen atoms in total. The minimum atomic E-state index is 0. The molecular weight excluding hydrogens is 524 g/mol. The number of hydrogen-bond donors (Lipinski definition) is 0. The van der Waals surface area contributed by atoms with Gasteiger partial charge in [0.05, 0.1) is 0 Å². The fourth-order valence-electron chi connectivity index (χ4n) is 0.511. The van der Waals surface area contributed by atoms with Crippen LogP contribution < -0.4 is 0 Å². The summed E-state index contributed by atoms with van der Waals surface area (Å²) in [5, 5.41) is 0. The molecule has 0 spiro atoms. The van der Waals surface area contributed by atoms with Gasteiger partial charge in [-0.05, 0) is 6.28 Å². The molecule has 18 heavy (non-hydrogen) atoms. The number of hydrogen-bond acceptors (Lipinski definition) is 10. The molecular formula is C6S10Zn2. The third-order valence-corrected chi connectivity index (χ3v) is 8.11. The van der Waals surface area contributed by atoms with Gasteiger partial charge in [0.1, 0.15) is 0 Å². The van der Waals surface area contributed by atoms with Gasteiger partial charge in [0.15, 0.2) is 0 Å². The summed E-state index contributed by atoms with van der Waals surface area (Å²) in [7, 11) is 0. The molecule has 0 radical (unpaired) electrons. The maximum absolute atomic E-state index is 4.83. The Morgan fingerprint density at radius 3 is 0.778 bits per heavy atom. The molecule has 12 heteroatoms. The molecule has 0 aliphatic heterocycles. The minimum Gasteiger partial charge on any atom is -0.429 e. The van der Waals surface area contributed by atoms with Crippen molar-refractivity contribution >= 4 is 120 Å². The van der Waals surface area contributed by atoms with E-state index in [0.29, 0.717) is 0 Å².